The smallest absolute Gasteiger partial charge is 0.229 e. The van der Waals surface area contributed by atoms with E-state index in [-0.39, 0.29) is 11.9 Å². The van der Waals surface area contributed by atoms with Crippen molar-refractivity contribution in [2.45, 2.75) is 45.6 Å². The van der Waals surface area contributed by atoms with E-state index in [4.69, 9.17) is 10.2 Å². The summed E-state index contributed by atoms with van der Waals surface area (Å²) in [6.07, 6.45) is 3.85. The molecular formula is C21H26N6O. The molecule has 1 atom stereocenters. The quantitative estimate of drug-likeness (QED) is 0.802. The van der Waals surface area contributed by atoms with Crippen LogP contribution in [-0.4, -0.2) is 35.0 Å². The maximum atomic E-state index is 11.4. The molecule has 3 rings (SSSR count). The number of hydrogen-bond acceptors (Lipinski definition) is 6. The van der Waals surface area contributed by atoms with Crippen LogP contribution in [0, 0.1) is 11.3 Å². The molecule has 28 heavy (non-hydrogen) atoms. The average Bonchev–Trinajstić information content (AvgIpc) is 2.68. The number of nitrogens with zero attached hydrogens (tertiary/aromatic N) is 4. The minimum Gasteiger partial charge on any atom is -0.354 e. The SMILES string of the molecule is CCCc1cc(N2CCCC(NC(C)=O)C2)nc(Nc2cccc(C#N)c2)n1. The Labute approximate surface area is 165 Å². The molecule has 1 fully saturated rings. The van der Waals surface area contributed by atoms with Crippen LogP contribution >= 0.6 is 0 Å². The third-order valence-electron chi connectivity index (χ3n) is 4.67. The number of rotatable bonds is 6. The second-order valence-corrected chi connectivity index (χ2v) is 7.09. The number of carbonyl (C=O) groups is 1. The van der Waals surface area contributed by atoms with Crippen molar-refractivity contribution < 1.29 is 4.79 Å². The minimum absolute atomic E-state index is 0.000870. The zero-order chi connectivity index (χ0) is 19.9. The molecule has 1 saturated heterocycles. The molecule has 1 unspecified atom stereocenters. The van der Waals surface area contributed by atoms with Gasteiger partial charge in [-0.05, 0) is 37.5 Å². The van der Waals surface area contributed by atoms with Gasteiger partial charge in [-0.25, -0.2) is 4.98 Å². The van der Waals surface area contributed by atoms with Crippen LogP contribution in [0.15, 0.2) is 30.3 Å². The van der Waals surface area contributed by atoms with Crippen LogP contribution in [0.3, 0.4) is 0 Å². The van der Waals surface area contributed by atoms with Gasteiger partial charge in [0.15, 0.2) is 0 Å². The number of benzene rings is 1. The normalized spacial score (nSPS) is 16.3. The molecule has 1 aromatic carbocycles. The molecule has 0 aliphatic carbocycles. The fourth-order valence-electron chi connectivity index (χ4n) is 3.47. The van der Waals surface area contributed by atoms with Crippen molar-refractivity contribution in [2.75, 3.05) is 23.3 Å². The van der Waals surface area contributed by atoms with Gasteiger partial charge in [-0.15, -0.1) is 0 Å². The Kier molecular flexibility index (Phi) is 6.43. The van der Waals surface area contributed by atoms with Gasteiger partial charge in [-0.2, -0.15) is 10.2 Å². The van der Waals surface area contributed by atoms with E-state index in [1.807, 2.05) is 18.2 Å². The topological polar surface area (TPSA) is 93.9 Å². The number of piperidine rings is 1. The van der Waals surface area contributed by atoms with E-state index >= 15 is 0 Å². The Balaban J connectivity index is 1.84. The summed E-state index contributed by atoms with van der Waals surface area (Å²) in [5.41, 5.74) is 2.35. The number of nitrogens with one attached hydrogen (secondary N) is 2. The Morgan fingerprint density at radius 1 is 1.36 bits per heavy atom. The van der Waals surface area contributed by atoms with Crippen LogP contribution in [0.4, 0.5) is 17.5 Å². The Morgan fingerprint density at radius 2 is 2.21 bits per heavy atom. The Morgan fingerprint density at radius 3 is 2.96 bits per heavy atom. The summed E-state index contributed by atoms with van der Waals surface area (Å²) in [6, 6.07) is 11.6. The number of hydrogen-bond donors (Lipinski definition) is 2. The second kappa shape index (κ2) is 9.18. The number of amides is 1. The van der Waals surface area contributed by atoms with Crippen LogP contribution in [0.1, 0.15) is 44.4 Å². The van der Waals surface area contributed by atoms with E-state index in [1.54, 1.807) is 19.1 Å². The van der Waals surface area contributed by atoms with Crippen molar-refractivity contribution in [1.29, 1.82) is 5.26 Å². The number of nitriles is 1. The zero-order valence-electron chi connectivity index (χ0n) is 16.4. The van der Waals surface area contributed by atoms with Crippen molar-refractivity contribution in [3.05, 3.63) is 41.6 Å². The Hall–Kier alpha value is -3.14. The number of aryl methyl sites for hydroxylation is 1. The molecule has 7 heteroatoms. The van der Waals surface area contributed by atoms with Crippen molar-refractivity contribution >= 4 is 23.4 Å². The molecule has 1 aliphatic rings. The van der Waals surface area contributed by atoms with E-state index in [1.165, 1.54) is 0 Å². The largest absolute Gasteiger partial charge is 0.354 e. The number of anilines is 3. The summed E-state index contributed by atoms with van der Waals surface area (Å²) in [5.74, 6) is 1.39. The van der Waals surface area contributed by atoms with Gasteiger partial charge in [-0.1, -0.05) is 19.4 Å². The molecule has 0 radical (unpaired) electrons. The first-order chi connectivity index (χ1) is 13.6. The third-order valence-corrected chi connectivity index (χ3v) is 4.67. The number of aromatic nitrogens is 2. The average molecular weight is 378 g/mol. The first-order valence-electron chi connectivity index (χ1n) is 9.74. The second-order valence-electron chi connectivity index (χ2n) is 7.09. The molecule has 1 amide bonds. The molecule has 0 spiro atoms. The maximum Gasteiger partial charge on any atom is 0.229 e. The molecule has 7 nitrogen and oxygen atoms in total. The molecule has 0 bridgehead atoms. The first kappa shape index (κ1) is 19.6. The van der Waals surface area contributed by atoms with Crippen molar-refractivity contribution in [1.82, 2.24) is 15.3 Å². The van der Waals surface area contributed by atoms with Gasteiger partial charge in [0.05, 0.1) is 11.6 Å². The van der Waals surface area contributed by atoms with Crippen LogP contribution in [0.2, 0.25) is 0 Å². The van der Waals surface area contributed by atoms with Crippen LogP contribution < -0.4 is 15.5 Å². The summed E-state index contributed by atoms with van der Waals surface area (Å²) in [6.45, 7) is 5.33. The van der Waals surface area contributed by atoms with Gasteiger partial charge in [0.1, 0.15) is 5.82 Å². The van der Waals surface area contributed by atoms with Gasteiger partial charge < -0.3 is 15.5 Å². The molecule has 2 N–H and O–H groups in total. The molecule has 2 aromatic rings. The molecule has 146 valence electrons. The van der Waals surface area contributed by atoms with Crippen LogP contribution in [-0.2, 0) is 11.2 Å². The lowest BCUT2D eigenvalue weighted by atomic mass is 10.1. The summed E-state index contributed by atoms with van der Waals surface area (Å²) < 4.78 is 0. The van der Waals surface area contributed by atoms with Gasteiger partial charge in [-0.3, -0.25) is 4.79 Å². The lowest BCUT2D eigenvalue weighted by Gasteiger charge is -2.34. The lowest BCUT2D eigenvalue weighted by Crippen LogP contribution is -2.47. The maximum absolute atomic E-state index is 11.4. The van der Waals surface area contributed by atoms with Crippen LogP contribution in [0.25, 0.3) is 0 Å². The molecule has 2 heterocycles. The van der Waals surface area contributed by atoms with Gasteiger partial charge in [0.25, 0.3) is 0 Å². The van der Waals surface area contributed by atoms with E-state index in [9.17, 15) is 4.79 Å². The minimum atomic E-state index is 0.000870. The standard InChI is InChI=1S/C21H26N6O/c1-3-6-17-12-20(27-10-5-9-19(14-27)23-15(2)28)26-21(24-17)25-18-8-4-7-16(11-18)13-22/h4,7-8,11-12,19H,3,5-6,9-10,14H2,1-2H3,(H,23,28)(H,24,25,26). The highest BCUT2D eigenvalue weighted by Gasteiger charge is 2.22. The fourth-order valence-corrected chi connectivity index (χ4v) is 3.47. The van der Waals surface area contributed by atoms with Gasteiger partial charge in [0.2, 0.25) is 11.9 Å². The van der Waals surface area contributed by atoms with Crippen molar-refractivity contribution in [3.63, 3.8) is 0 Å². The summed E-state index contributed by atoms with van der Waals surface area (Å²) in [4.78, 5) is 23.0. The molecular weight excluding hydrogens is 352 g/mol. The predicted octanol–water partition coefficient (Wildman–Crippen LogP) is 3.15. The highest BCUT2D eigenvalue weighted by Crippen LogP contribution is 2.23. The van der Waals surface area contributed by atoms with E-state index in [0.717, 1.165) is 56.0 Å². The van der Waals surface area contributed by atoms with E-state index in [2.05, 4.69) is 33.5 Å². The summed E-state index contributed by atoms with van der Waals surface area (Å²) in [7, 11) is 0. The van der Waals surface area contributed by atoms with Gasteiger partial charge >= 0.3 is 0 Å². The van der Waals surface area contributed by atoms with Crippen molar-refractivity contribution in [3.8, 4) is 6.07 Å². The van der Waals surface area contributed by atoms with E-state index < -0.39 is 0 Å². The Bertz CT molecular complexity index is 875. The van der Waals surface area contributed by atoms with Crippen molar-refractivity contribution in [2.24, 2.45) is 0 Å². The predicted molar refractivity (Wildman–Crippen MR) is 110 cm³/mol. The summed E-state index contributed by atoms with van der Waals surface area (Å²) >= 11 is 0. The molecule has 1 aliphatic heterocycles. The fraction of sp³-hybridized carbons (Fsp3) is 0.429. The van der Waals surface area contributed by atoms with E-state index in [0.29, 0.717) is 11.5 Å². The number of carbonyl (C=O) groups excluding carboxylic acids is 1. The highest BCUT2D eigenvalue weighted by atomic mass is 16.1. The molecule has 0 saturated carbocycles. The first-order valence-corrected chi connectivity index (χ1v) is 9.74. The zero-order valence-corrected chi connectivity index (χ0v) is 16.4. The highest BCUT2D eigenvalue weighted by molar-refractivity contribution is 5.73. The monoisotopic (exact) mass is 378 g/mol. The summed E-state index contributed by atoms with van der Waals surface area (Å²) in [5, 5.41) is 15.3. The van der Waals surface area contributed by atoms with Gasteiger partial charge in [0, 0.05) is 43.5 Å². The lowest BCUT2D eigenvalue weighted by molar-refractivity contribution is -0.119. The third kappa shape index (κ3) is 5.19. The molecule has 1 aromatic heterocycles. The van der Waals surface area contributed by atoms with Crippen LogP contribution in [0.5, 0.6) is 0 Å².